The average Bonchev–Trinajstić information content (AvgIpc) is 2.60. The molecule has 1 aromatic heterocycles. The van der Waals surface area contributed by atoms with E-state index in [4.69, 9.17) is 0 Å². The highest BCUT2D eigenvalue weighted by Gasteiger charge is 2.22. The summed E-state index contributed by atoms with van der Waals surface area (Å²) in [6.07, 6.45) is 2.37. The maximum Gasteiger partial charge on any atom is 0.241 e. The van der Waals surface area contributed by atoms with E-state index in [1.807, 2.05) is 11.0 Å². The van der Waals surface area contributed by atoms with E-state index in [0.717, 1.165) is 18.5 Å². The molecule has 7 nitrogen and oxygen atoms in total. The number of aromatic nitrogens is 1. The average molecular weight is 373 g/mol. The second-order valence-electron chi connectivity index (χ2n) is 5.47. The normalized spacial score (nSPS) is 17.4. The highest BCUT2D eigenvalue weighted by molar-refractivity contribution is 7.89. The van der Waals surface area contributed by atoms with Crippen molar-refractivity contribution in [1.82, 2.24) is 19.9 Å². The lowest BCUT2D eigenvalue weighted by atomic mass is 10.2. The molecule has 0 spiro atoms. The molecular formula is C15H21ClN4O3S. The van der Waals surface area contributed by atoms with E-state index < -0.39 is 16.3 Å². The van der Waals surface area contributed by atoms with Crippen LogP contribution in [0.25, 0.3) is 10.8 Å². The van der Waals surface area contributed by atoms with Crippen molar-refractivity contribution < 1.29 is 13.5 Å². The number of pyridine rings is 1. The van der Waals surface area contributed by atoms with Crippen molar-refractivity contribution in [3.8, 4) is 0 Å². The van der Waals surface area contributed by atoms with Gasteiger partial charge in [0.15, 0.2) is 0 Å². The summed E-state index contributed by atoms with van der Waals surface area (Å²) in [6, 6.07) is 6.74. The molecule has 1 aliphatic rings. The van der Waals surface area contributed by atoms with Gasteiger partial charge in [-0.15, -0.1) is 12.4 Å². The van der Waals surface area contributed by atoms with Gasteiger partial charge in [-0.1, -0.05) is 12.1 Å². The van der Waals surface area contributed by atoms with Crippen molar-refractivity contribution >= 4 is 33.2 Å². The van der Waals surface area contributed by atoms with E-state index in [1.54, 1.807) is 30.6 Å². The third-order valence-electron chi connectivity index (χ3n) is 3.96. The Kier molecular flexibility index (Phi) is 6.50. The quantitative estimate of drug-likeness (QED) is 0.692. The molecule has 0 aliphatic carbocycles. The highest BCUT2D eigenvalue weighted by Crippen LogP contribution is 2.21. The van der Waals surface area contributed by atoms with Gasteiger partial charge >= 0.3 is 0 Å². The third-order valence-corrected chi connectivity index (χ3v) is 5.44. The SMILES string of the molecule is Cl.O=S(=O)(NCC(O)N1CCNCC1)c1cccc2cnccc12. The van der Waals surface area contributed by atoms with Crippen LogP contribution in [0.3, 0.4) is 0 Å². The number of benzene rings is 1. The Hall–Kier alpha value is -1.29. The Morgan fingerprint density at radius 1 is 1.29 bits per heavy atom. The number of halogens is 1. The van der Waals surface area contributed by atoms with E-state index in [2.05, 4.69) is 15.0 Å². The van der Waals surface area contributed by atoms with Crippen LogP contribution in [0.5, 0.6) is 0 Å². The molecule has 1 saturated heterocycles. The van der Waals surface area contributed by atoms with Gasteiger partial charge in [-0.3, -0.25) is 9.88 Å². The van der Waals surface area contributed by atoms with Crippen molar-refractivity contribution in [2.75, 3.05) is 32.7 Å². The first kappa shape index (κ1) is 19.0. The minimum Gasteiger partial charge on any atom is -0.377 e. The van der Waals surface area contributed by atoms with Crippen molar-refractivity contribution in [1.29, 1.82) is 0 Å². The number of hydrogen-bond acceptors (Lipinski definition) is 6. The molecule has 24 heavy (non-hydrogen) atoms. The first-order valence-corrected chi connectivity index (χ1v) is 9.01. The predicted octanol–water partition coefficient (Wildman–Crippen LogP) is 0.159. The molecule has 2 aromatic rings. The number of aliphatic hydroxyl groups is 1. The number of piperazine rings is 1. The molecule has 1 aromatic carbocycles. The van der Waals surface area contributed by atoms with Crippen LogP contribution in [0, 0.1) is 0 Å². The molecule has 9 heteroatoms. The molecule has 0 saturated carbocycles. The van der Waals surface area contributed by atoms with Crippen LogP contribution >= 0.6 is 12.4 Å². The van der Waals surface area contributed by atoms with Gasteiger partial charge in [-0.2, -0.15) is 0 Å². The summed E-state index contributed by atoms with van der Waals surface area (Å²) in [6.45, 7) is 2.94. The van der Waals surface area contributed by atoms with Crippen molar-refractivity contribution in [2.45, 2.75) is 11.1 Å². The summed E-state index contributed by atoms with van der Waals surface area (Å²) >= 11 is 0. The Balaban J connectivity index is 0.00000208. The number of nitrogens with one attached hydrogen (secondary N) is 2. The Morgan fingerprint density at radius 2 is 2.04 bits per heavy atom. The molecule has 1 unspecified atom stereocenters. The molecule has 3 N–H and O–H groups in total. The smallest absolute Gasteiger partial charge is 0.241 e. The summed E-state index contributed by atoms with van der Waals surface area (Å²) in [5, 5.41) is 14.7. The second kappa shape index (κ2) is 8.19. The number of fused-ring (bicyclic) bond motifs is 1. The minimum absolute atomic E-state index is 0. The molecule has 0 bridgehead atoms. The van der Waals surface area contributed by atoms with Crippen LogP contribution in [0.1, 0.15) is 0 Å². The third kappa shape index (κ3) is 4.21. The molecule has 0 amide bonds. The zero-order chi connectivity index (χ0) is 16.3. The molecule has 3 rings (SSSR count). The van der Waals surface area contributed by atoms with Gasteiger partial charge in [0.25, 0.3) is 0 Å². The molecule has 0 radical (unpaired) electrons. The van der Waals surface area contributed by atoms with E-state index in [9.17, 15) is 13.5 Å². The van der Waals surface area contributed by atoms with Crippen LogP contribution in [0.15, 0.2) is 41.6 Å². The largest absolute Gasteiger partial charge is 0.377 e. The predicted molar refractivity (Wildman–Crippen MR) is 94.6 cm³/mol. The van der Waals surface area contributed by atoms with Crippen LogP contribution < -0.4 is 10.0 Å². The van der Waals surface area contributed by atoms with Gasteiger partial charge < -0.3 is 10.4 Å². The standard InChI is InChI=1S/C15H20N4O3S.ClH/c20-15(19-8-6-16-7-9-19)11-18-23(21,22)14-3-1-2-12-10-17-5-4-13(12)14;/h1-5,10,15-16,18,20H,6-9,11H2;1H. The lowest BCUT2D eigenvalue weighted by Crippen LogP contribution is -2.51. The van der Waals surface area contributed by atoms with Crippen LogP contribution in [0.2, 0.25) is 0 Å². The molecule has 2 heterocycles. The number of sulfonamides is 1. The Labute approximate surface area is 147 Å². The zero-order valence-corrected chi connectivity index (χ0v) is 14.7. The fraction of sp³-hybridized carbons (Fsp3) is 0.400. The maximum absolute atomic E-state index is 12.6. The van der Waals surface area contributed by atoms with Crippen LogP contribution in [-0.2, 0) is 10.0 Å². The lowest BCUT2D eigenvalue weighted by Gasteiger charge is -2.31. The van der Waals surface area contributed by atoms with Crippen molar-refractivity contribution in [2.24, 2.45) is 0 Å². The van der Waals surface area contributed by atoms with Crippen molar-refractivity contribution in [3.63, 3.8) is 0 Å². The zero-order valence-electron chi connectivity index (χ0n) is 13.1. The van der Waals surface area contributed by atoms with Gasteiger partial charge in [0.2, 0.25) is 10.0 Å². The highest BCUT2D eigenvalue weighted by atomic mass is 35.5. The van der Waals surface area contributed by atoms with Crippen molar-refractivity contribution in [3.05, 3.63) is 36.7 Å². The first-order chi connectivity index (χ1) is 11.1. The molecule has 1 aliphatic heterocycles. The number of aliphatic hydroxyl groups excluding tert-OH is 1. The molecule has 1 fully saturated rings. The van der Waals surface area contributed by atoms with Gasteiger partial charge in [-0.05, 0) is 12.1 Å². The summed E-state index contributed by atoms with van der Waals surface area (Å²) in [5.41, 5.74) is 0. The molecule has 1 atom stereocenters. The van der Waals surface area contributed by atoms with E-state index in [-0.39, 0.29) is 23.8 Å². The summed E-state index contributed by atoms with van der Waals surface area (Å²) in [7, 11) is -3.70. The van der Waals surface area contributed by atoms with E-state index in [1.165, 1.54) is 0 Å². The second-order valence-corrected chi connectivity index (χ2v) is 7.21. The van der Waals surface area contributed by atoms with Crippen LogP contribution in [0.4, 0.5) is 0 Å². The summed E-state index contributed by atoms with van der Waals surface area (Å²) in [4.78, 5) is 6.06. The Morgan fingerprint density at radius 3 is 2.79 bits per heavy atom. The number of rotatable bonds is 5. The fourth-order valence-electron chi connectivity index (χ4n) is 2.70. The molecular weight excluding hydrogens is 352 g/mol. The van der Waals surface area contributed by atoms with E-state index in [0.29, 0.717) is 18.5 Å². The monoisotopic (exact) mass is 372 g/mol. The minimum atomic E-state index is -3.70. The van der Waals surface area contributed by atoms with Crippen LogP contribution in [-0.4, -0.2) is 62.4 Å². The topological polar surface area (TPSA) is 94.6 Å². The summed E-state index contributed by atoms with van der Waals surface area (Å²) in [5.74, 6) is 0. The lowest BCUT2D eigenvalue weighted by molar-refractivity contribution is 0.00127. The summed E-state index contributed by atoms with van der Waals surface area (Å²) < 4.78 is 27.6. The van der Waals surface area contributed by atoms with Gasteiger partial charge in [0.05, 0.1) is 11.4 Å². The number of nitrogens with zero attached hydrogens (tertiary/aromatic N) is 2. The van der Waals surface area contributed by atoms with E-state index >= 15 is 0 Å². The number of hydrogen-bond donors (Lipinski definition) is 3. The maximum atomic E-state index is 12.6. The van der Waals surface area contributed by atoms with Gasteiger partial charge in [-0.25, -0.2) is 13.1 Å². The van der Waals surface area contributed by atoms with Gasteiger partial charge in [0.1, 0.15) is 6.23 Å². The molecule has 132 valence electrons. The fourth-order valence-corrected chi connectivity index (χ4v) is 3.96. The Bertz CT molecular complexity index is 776. The first-order valence-electron chi connectivity index (χ1n) is 7.53. The van der Waals surface area contributed by atoms with Gasteiger partial charge in [0, 0.05) is 49.3 Å².